The van der Waals surface area contributed by atoms with Crippen molar-refractivity contribution in [2.24, 2.45) is 0 Å². The lowest BCUT2D eigenvalue weighted by Gasteiger charge is -2.07. The highest BCUT2D eigenvalue weighted by Crippen LogP contribution is 2.25. The number of pyridine rings is 1. The lowest BCUT2D eigenvalue weighted by atomic mass is 10.0. The highest BCUT2D eigenvalue weighted by molar-refractivity contribution is 9.10. The SMILES string of the molecule is Nc1cc(-c2cccc(Br)c2)c(C(=O)O)c(=O)[nH]1. The maximum atomic E-state index is 11.6. The first-order valence-corrected chi connectivity index (χ1v) is 5.80. The number of aromatic carboxylic acids is 1. The van der Waals surface area contributed by atoms with Crippen LogP contribution in [-0.4, -0.2) is 16.1 Å². The van der Waals surface area contributed by atoms with Gasteiger partial charge in [-0.2, -0.15) is 0 Å². The molecule has 0 bridgehead atoms. The molecule has 0 spiro atoms. The van der Waals surface area contributed by atoms with E-state index in [0.29, 0.717) is 11.1 Å². The summed E-state index contributed by atoms with van der Waals surface area (Å²) >= 11 is 3.29. The van der Waals surface area contributed by atoms with Crippen molar-refractivity contribution in [3.63, 3.8) is 0 Å². The normalized spacial score (nSPS) is 10.3. The van der Waals surface area contributed by atoms with E-state index in [0.717, 1.165) is 4.47 Å². The van der Waals surface area contributed by atoms with Crippen LogP contribution in [0, 0.1) is 0 Å². The van der Waals surface area contributed by atoms with E-state index in [1.54, 1.807) is 24.3 Å². The van der Waals surface area contributed by atoms with Crippen LogP contribution >= 0.6 is 15.9 Å². The average molecular weight is 309 g/mol. The number of H-pyrrole nitrogens is 1. The fraction of sp³-hybridized carbons (Fsp3) is 0. The topological polar surface area (TPSA) is 96.2 Å². The summed E-state index contributed by atoms with van der Waals surface area (Å²) in [6, 6.07) is 8.43. The number of carboxylic acid groups (broad SMARTS) is 1. The molecule has 1 aromatic heterocycles. The minimum absolute atomic E-state index is 0.125. The smallest absolute Gasteiger partial charge is 0.341 e. The Kier molecular flexibility index (Phi) is 3.20. The van der Waals surface area contributed by atoms with Crippen molar-refractivity contribution in [2.75, 3.05) is 5.73 Å². The largest absolute Gasteiger partial charge is 0.477 e. The number of nitrogens with one attached hydrogen (secondary N) is 1. The first-order chi connectivity index (χ1) is 8.49. The summed E-state index contributed by atoms with van der Waals surface area (Å²) in [5, 5.41) is 9.10. The maximum Gasteiger partial charge on any atom is 0.341 e. The predicted molar refractivity (Wildman–Crippen MR) is 71.6 cm³/mol. The molecule has 4 N–H and O–H groups in total. The quantitative estimate of drug-likeness (QED) is 0.791. The number of carbonyl (C=O) groups is 1. The lowest BCUT2D eigenvalue weighted by molar-refractivity contribution is 0.0696. The van der Waals surface area contributed by atoms with Crippen molar-refractivity contribution in [3.05, 3.63) is 50.7 Å². The highest BCUT2D eigenvalue weighted by Gasteiger charge is 2.17. The zero-order chi connectivity index (χ0) is 13.3. The second-order valence-corrected chi connectivity index (χ2v) is 4.57. The number of hydrogen-bond acceptors (Lipinski definition) is 3. The molecule has 2 rings (SSSR count). The van der Waals surface area contributed by atoms with E-state index in [-0.39, 0.29) is 11.4 Å². The summed E-state index contributed by atoms with van der Waals surface area (Å²) in [6.45, 7) is 0. The first-order valence-electron chi connectivity index (χ1n) is 5.01. The fourth-order valence-corrected chi connectivity index (χ4v) is 2.07. The van der Waals surface area contributed by atoms with E-state index in [2.05, 4.69) is 20.9 Å². The molecule has 0 unspecified atom stereocenters. The second kappa shape index (κ2) is 4.66. The summed E-state index contributed by atoms with van der Waals surface area (Å²) in [4.78, 5) is 25.0. The molecular formula is C12H9BrN2O3. The lowest BCUT2D eigenvalue weighted by Crippen LogP contribution is -2.20. The molecule has 0 fully saturated rings. The van der Waals surface area contributed by atoms with Crippen molar-refractivity contribution in [3.8, 4) is 11.1 Å². The van der Waals surface area contributed by atoms with E-state index in [4.69, 9.17) is 10.8 Å². The number of hydrogen-bond donors (Lipinski definition) is 3. The van der Waals surface area contributed by atoms with Crippen LogP contribution in [0.3, 0.4) is 0 Å². The monoisotopic (exact) mass is 308 g/mol. The third-order valence-electron chi connectivity index (χ3n) is 2.40. The fourth-order valence-electron chi connectivity index (χ4n) is 1.68. The third kappa shape index (κ3) is 2.28. The van der Waals surface area contributed by atoms with Crippen molar-refractivity contribution < 1.29 is 9.90 Å². The Morgan fingerprint density at radius 2 is 2.06 bits per heavy atom. The van der Waals surface area contributed by atoms with E-state index >= 15 is 0 Å². The third-order valence-corrected chi connectivity index (χ3v) is 2.90. The van der Waals surface area contributed by atoms with E-state index in [1.165, 1.54) is 6.07 Å². The van der Waals surface area contributed by atoms with Gasteiger partial charge in [0.15, 0.2) is 0 Å². The van der Waals surface area contributed by atoms with Gasteiger partial charge >= 0.3 is 5.97 Å². The zero-order valence-electron chi connectivity index (χ0n) is 9.11. The van der Waals surface area contributed by atoms with Gasteiger partial charge < -0.3 is 15.8 Å². The number of nitrogen functional groups attached to an aromatic ring is 1. The summed E-state index contributed by atoms with van der Waals surface area (Å²) in [7, 11) is 0. The van der Waals surface area contributed by atoms with Crippen LogP contribution in [0.4, 0.5) is 5.82 Å². The van der Waals surface area contributed by atoms with Gasteiger partial charge in [-0.15, -0.1) is 0 Å². The summed E-state index contributed by atoms with van der Waals surface area (Å²) in [5.41, 5.74) is 5.42. The molecule has 5 nitrogen and oxygen atoms in total. The molecule has 0 saturated heterocycles. The van der Waals surface area contributed by atoms with Crippen molar-refractivity contribution >= 4 is 27.7 Å². The van der Waals surface area contributed by atoms with Gasteiger partial charge in [0.2, 0.25) is 0 Å². The van der Waals surface area contributed by atoms with Gasteiger partial charge in [0.25, 0.3) is 5.56 Å². The van der Waals surface area contributed by atoms with Crippen molar-refractivity contribution in [1.29, 1.82) is 0 Å². The van der Waals surface area contributed by atoms with Gasteiger partial charge in [0, 0.05) is 10.0 Å². The number of aromatic amines is 1. The van der Waals surface area contributed by atoms with Crippen LogP contribution in [0.1, 0.15) is 10.4 Å². The molecule has 0 atom stereocenters. The Morgan fingerprint density at radius 1 is 1.33 bits per heavy atom. The van der Waals surface area contributed by atoms with Crippen LogP contribution in [0.15, 0.2) is 39.6 Å². The summed E-state index contributed by atoms with van der Waals surface area (Å²) in [6.07, 6.45) is 0. The number of benzene rings is 1. The minimum Gasteiger partial charge on any atom is -0.477 e. The van der Waals surface area contributed by atoms with Gasteiger partial charge in [-0.3, -0.25) is 4.79 Å². The molecule has 0 aliphatic rings. The van der Waals surface area contributed by atoms with E-state index in [9.17, 15) is 9.59 Å². The molecule has 1 aromatic carbocycles. The zero-order valence-corrected chi connectivity index (χ0v) is 10.7. The number of nitrogens with two attached hydrogens (primary N) is 1. The summed E-state index contributed by atoms with van der Waals surface area (Å²) in [5.74, 6) is -1.16. The molecular weight excluding hydrogens is 300 g/mol. The molecule has 0 aliphatic carbocycles. The summed E-state index contributed by atoms with van der Waals surface area (Å²) < 4.78 is 0.787. The second-order valence-electron chi connectivity index (χ2n) is 3.66. The molecule has 92 valence electrons. The molecule has 2 aromatic rings. The number of rotatable bonds is 2. The van der Waals surface area contributed by atoms with Gasteiger partial charge in [-0.05, 0) is 23.8 Å². The molecule has 0 saturated carbocycles. The standard InChI is InChI=1S/C12H9BrN2O3/c13-7-3-1-2-6(4-7)8-5-9(14)15-11(16)10(8)12(17)18/h1-5H,(H,17,18)(H3,14,15,16). The number of anilines is 1. The minimum atomic E-state index is -1.29. The number of aromatic nitrogens is 1. The highest BCUT2D eigenvalue weighted by atomic mass is 79.9. The molecule has 0 amide bonds. The van der Waals surface area contributed by atoms with E-state index in [1.807, 2.05) is 0 Å². The van der Waals surface area contributed by atoms with Crippen LogP contribution in [0.5, 0.6) is 0 Å². The van der Waals surface area contributed by atoms with Gasteiger partial charge in [0.1, 0.15) is 11.4 Å². The van der Waals surface area contributed by atoms with Crippen LogP contribution in [-0.2, 0) is 0 Å². The van der Waals surface area contributed by atoms with Gasteiger partial charge in [0.05, 0.1) is 0 Å². The maximum absolute atomic E-state index is 11.6. The number of carboxylic acids is 1. The molecule has 18 heavy (non-hydrogen) atoms. The Hall–Kier alpha value is -2.08. The first kappa shape index (κ1) is 12.4. The number of halogens is 1. The van der Waals surface area contributed by atoms with Gasteiger partial charge in [-0.25, -0.2) is 4.79 Å². The molecule has 1 heterocycles. The molecule has 0 aliphatic heterocycles. The predicted octanol–water partition coefficient (Wildman–Crippen LogP) is 2.08. The Morgan fingerprint density at radius 3 is 2.67 bits per heavy atom. The molecule has 0 radical (unpaired) electrons. The van der Waals surface area contributed by atoms with Crippen LogP contribution < -0.4 is 11.3 Å². The Balaban J connectivity index is 2.78. The van der Waals surface area contributed by atoms with Crippen molar-refractivity contribution in [1.82, 2.24) is 4.98 Å². The molecule has 6 heteroatoms. The van der Waals surface area contributed by atoms with Crippen LogP contribution in [0.25, 0.3) is 11.1 Å². The van der Waals surface area contributed by atoms with Crippen LogP contribution in [0.2, 0.25) is 0 Å². The average Bonchev–Trinajstić information content (AvgIpc) is 2.27. The van der Waals surface area contributed by atoms with Gasteiger partial charge in [-0.1, -0.05) is 28.1 Å². The Bertz CT molecular complexity index is 679. The van der Waals surface area contributed by atoms with E-state index < -0.39 is 11.5 Å². The Labute approximate surface area is 110 Å². The van der Waals surface area contributed by atoms with Crippen molar-refractivity contribution in [2.45, 2.75) is 0 Å².